The first kappa shape index (κ1) is 16.0. The van der Waals surface area contributed by atoms with Gasteiger partial charge >= 0.3 is 0 Å². The number of hydrogen-bond donors (Lipinski definition) is 1. The zero-order valence-electron chi connectivity index (χ0n) is 12.5. The zero-order chi connectivity index (χ0) is 15.4. The molecule has 21 heavy (non-hydrogen) atoms. The molecule has 1 aromatic heterocycles. The maximum absolute atomic E-state index is 6.43. The van der Waals surface area contributed by atoms with Gasteiger partial charge in [0.15, 0.2) is 0 Å². The molecule has 0 atom stereocenters. The summed E-state index contributed by atoms with van der Waals surface area (Å²) in [5.41, 5.74) is 8.48. The second kappa shape index (κ2) is 7.09. The molecule has 0 unspecified atom stereocenters. The molecule has 0 spiro atoms. The van der Waals surface area contributed by atoms with Crippen LogP contribution in [0.4, 0.5) is 5.69 Å². The fraction of sp³-hybridized carbons (Fsp3) is 0.400. The summed E-state index contributed by atoms with van der Waals surface area (Å²) in [4.78, 5) is 1.05. The molecule has 0 aliphatic carbocycles. The molecule has 6 heteroatoms. The Labute approximate surface area is 134 Å². The highest BCUT2D eigenvalue weighted by atomic mass is 35.5. The summed E-state index contributed by atoms with van der Waals surface area (Å²) in [6, 6.07) is 5.68. The van der Waals surface area contributed by atoms with Crippen LogP contribution >= 0.6 is 23.4 Å². The summed E-state index contributed by atoms with van der Waals surface area (Å²) in [7, 11) is 1.65. The van der Waals surface area contributed by atoms with Gasteiger partial charge in [0.2, 0.25) is 0 Å². The van der Waals surface area contributed by atoms with E-state index in [4.69, 9.17) is 22.1 Å². The average molecular weight is 326 g/mol. The maximum atomic E-state index is 6.43. The Kier molecular flexibility index (Phi) is 5.42. The SMILES string of the molecule is CCc1nn(CC)c(CSc2ccc(N)cc2OC)c1Cl. The minimum atomic E-state index is 0.695. The Hall–Kier alpha value is -1.33. The maximum Gasteiger partial charge on any atom is 0.134 e. The number of methoxy groups -OCH3 is 1. The van der Waals surface area contributed by atoms with Crippen molar-refractivity contribution in [2.45, 2.75) is 37.5 Å². The third-order valence-electron chi connectivity index (χ3n) is 3.25. The van der Waals surface area contributed by atoms with E-state index in [-0.39, 0.29) is 0 Å². The van der Waals surface area contributed by atoms with Crippen LogP contribution in [0.3, 0.4) is 0 Å². The lowest BCUT2D eigenvalue weighted by Gasteiger charge is -2.10. The van der Waals surface area contributed by atoms with Gasteiger partial charge in [0.25, 0.3) is 0 Å². The van der Waals surface area contributed by atoms with Crippen LogP contribution in [0, 0.1) is 0 Å². The number of aryl methyl sites for hydroxylation is 2. The van der Waals surface area contributed by atoms with Crippen molar-refractivity contribution >= 4 is 29.1 Å². The molecule has 0 fully saturated rings. The van der Waals surface area contributed by atoms with Crippen molar-refractivity contribution in [1.29, 1.82) is 0 Å². The van der Waals surface area contributed by atoms with Crippen LogP contribution in [0.1, 0.15) is 25.2 Å². The molecule has 0 amide bonds. The van der Waals surface area contributed by atoms with Crippen LogP contribution in [0.15, 0.2) is 23.1 Å². The highest BCUT2D eigenvalue weighted by Crippen LogP contribution is 2.35. The lowest BCUT2D eigenvalue weighted by molar-refractivity contribution is 0.405. The summed E-state index contributed by atoms with van der Waals surface area (Å²) in [5, 5.41) is 5.31. The van der Waals surface area contributed by atoms with Gasteiger partial charge in [-0.2, -0.15) is 5.10 Å². The minimum Gasteiger partial charge on any atom is -0.496 e. The molecule has 0 aliphatic heterocycles. The van der Waals surface area contributed by atoms with E-state index >= 15 is 0 Å². The fourth-order valence-electron chi connectivity index (χ4n) is 2.10. The number of thioether (sulfide) groups is 1. The van der Waals surface area contributed by atoms with Crippen molar-refractivity contribution in [1.82, 2.24) is 9.78 Å². The number of rotatable bonds is 6. The van der Waals surface area contributed by atoms with Crippen molar-refractivity contribution in [3.63, 3.8) is 0 Å². The second-order valence-electron chi connectivity index (χ2n) is 4.58. The smallest absolute Gasteiger partial charge is 0.134 e. The first-order valence-corrected chi connectivity index (χ1v) is 8.27. The van der Waals surface area contributed by atoms with Gasteiger partial charge in [-0.15, -0.1) is 11.8 Å². The average Bonchev–Trinajstić information content (AvgIpc) is 2.81. The van der Waals surface area contributed by atoms with Crippen LogP contribution in [0.5, 0.6) is 5.75 Å². The molecule has 0 radical (unpaired) electrons. The van der Waals surface area contributed by atoms with Crippen molar-refractivity contribution in [3.8, 4) is 5.75 Å². The lowest BCUT2D eigenvalue weighted by Crippen LogP contribution is -2.02. The number of benzene rings is 1. The predicted molar refractivity (Wildman–Crippen MR) is 89.3 cm³/mol. The summed E-state index contributed by atoms with van der Waals surface area (Å²) >= 11 is 8.10. The third kappa shape index (κ3) is 3.47. The Morgan fingerprint density at radius 3 is 2.76 bits per heavy atom. The van der Waals surface area contributed by atoms with E-state index in [9.17, 15) is 0 Å². The van der Waals surface area contributed by atoms with Gasteiger partial charge in [0, 0.05) is 28.9 Å². The molecular weight excluding hydrogens is 306 g/mol. The fourth-order valence-corrected chi connectivity index (χ4v) is 3.55. The number of ether oxygens (including phenoxy) is 1. The second-order valence-corrected chi connectivity index (χ2v) is 5.97. The topological polar surface area (TPSA) is 53.1 Å². The first-order valence-electron chi connectivity index (χ1n) is 6.91. The Morgan fingerprint density at radius 2 is 2.14 bits per heavy atom. The van der Waals surface area contributed by atoms with E-state index in [2.05, 4.69) is 18.9 Å². The number of halogens is 1. The quantitative estimate of drug-likeness (QED) is 0.644. The van der Waals surface area contributed by atoms with Gasteiger partial charge in [-0.1, -0.05) is 18.5 Å². The van der Waals surface area contributed by atoms with E-state index < -0.39 is 0 Å². The van der Waals surface area contributed by atoms with Gasteiger partial charge in [-0.25, -0.2) is 0 Å². The number of hydrogen-bond acceptors (Lipinski definition) is 4. The summed E-state index contributed by atoms with van der Waals surface area (Å²) in [5.74, 6) is 1.54. The number of nitrogen functional groups attached to an aromatic ring is 1. The third-order valence-corrected chi connectivity index (χ3v) is 4.75. The van der Waals surface area contributed by atoms with Crippen molar-refractivity contribution < 1.29 is 4.74 Å². The van der Waals surface area contributed by atoms with Gasteiger partial charge in [0.1, 0.15) is 5.75 Å². The molecule has 0 aliphatic rings. The molecular formula is C15H20ClN3OS. The van der Waals surface area contributed by atoms with Crippen molar-refractivity contribution in [3.05, 3.63) is 34.6 Å². The van der Waals surface area contributed by atoms with Crippen LogP contribution < -0.4 is 10.5 Å². The molecule has 0 saturated heterocycles. The van der Waals surface area contributed by atoms with Crippen molar-refractivity contribution in [2.75, 3.05) is 12.8 Å². The van der Waals surface area contributed by atoms with Crippen molar-refractivity contribution in [2.24, 2.45) is 0 Å². The highest BCUT2D eigenvalue weighted by Gasteiger charge is 2.15. The van der Waals surface area contributed by atoms with Gasteiger partial charge in [0.05, 0.1) is 23.5 Å². The van der Waals surface area contributed by atoms with E-state index in [1.54, 1.807) is 18.9 Å². The Bertz CT molecular complexity index is 628. The van der Waals surface area contributed by atoms with Gasteiger partial charge < -0.3 is 10.5 Å². The van der Waals surface area contributed by atoms with E-state index in [0.717, 1.165) is 45.8 Å². The molecule has 0 bridgehead atoms. The summed E-state index contributed by atoms with van der Waals surface area (Å²) < 4.78 is 7.34. The van der Waals surface area contributed by atoms with Crippen LogP contribution in [0.2, 0.25) is 5.02 Å². The van der Waals surface area contributed by atoms with Crippen LogP contribution in [-0.2, 0) is 18.7 Å². The summed E-state index contributed by atoms with van der Waals surface area (Å²) in [6.07, 6.45) is 0.842. The van der Waals surface area contributed by atoms with Crippen LogP contribution in [0.25, 0.3) is 0 Å². The molecule has 1 aromatic carbocycles. The van der Waals surface area contributed by atoms with Gasteiger partial charge in [-0.05, 0) is 25.5 Å². The lowest BCUT2D eigenvalue weighted by atomic mass is 10.3. The first-order chi connectivity index (χ1) is 10.1. The molecule has 4 nitrogen and oxygen atoms in total. The number of nitrogens with zero attached hydrogens (tertiary/aromatic N) is 2. The molecule has 1 heterocycles. The summed E-state index contributed by atoms with van der Waals surface area (Å²) in [6.45, 7) is 4.95. The minimum absolute atomic E-state index is 0.695. The number of nitrogens with two attached hydrogens (primary N) is 1. The normalized spacial score (nSPS) is 10.9. The standard InChI is InChI=1S/C15H20ClN3OS/c1-4-11-15(16)12(19(5-2)18-11)9-21-14-7-6-10(17)8-13(14)20-3/h6-8H,4-5,9,17H2,1-3H3. The highest BCUT2D eigenvalue weighted by molar-refractivity contribution is 7.98. The Morgan fingerprint density at radius 1 is 1.38 bits per heavy atom. The number of aromatic nitrogens is 2. The van der Waals surface area contributed by atoms with Crippen LogP contribution in [-0.4, -0.2) is 16.9 Å². The van der Waals surface area contributed by atoms with E-state index in [0.29, 0.717) is 5.69 Å². The van der Waals surface area contributed by atoms with E-state index in [1.807, 2.05) is 22.9 Å². The zero-order valence-corrected chi connectivity index (χ0v) is 14.1. The molecule has 0 saturated carbocycles. The van der Waals surface area contributed by atoms with Gasteiger partial charge in [-0.3, -0.25) is 4.68 Å². The van der Waals surface area contributed by atoms with E-state index in [1.165, 1.54) is 0 Å². The largest absolute Gasteiger partial charge is 0.496 e. The molecule has 2 N–H and O–H groups in total. The number of anilines is 1. The Balaban J connectivity index is 2.22. The molecule has 2 aromatic rings. The molecule has 2 rings (SSSR count). The predicted octanol–water partition coefficient (Wildman–Crippen LogP) is 4.00. The monoisotopic (exact) mass is 325 g/mol. The molecule has 114 valence electrons.